The molecule has 0 bridgehead atoms. The van der Waals surface area contributed by atoms with E-state index in [1.54, 1.807) is 17.0 Å². The maximum Gasteiger partial charge on any atom is 0.336 e. The van der Waals surface area contributed by atoms with Crippen LogP contribution in [0.1, 0.15) is 26.3 Å². The van der Waals surface area contributed by atoms with Gasteiger partial charge in [0.1, 0.15) is 0 Å². The molecule has 0 spiro atoms. The molecule has 0 saturated carbocycles. The number of carboxylic acids is 1. The molecule has 0 aliphatic carbocycles. The monoisotopic (exact) mass is 296 g/mol. The highest BCUT2D eigenvalue weighted by atomic mass is 16.4. The summed E-state index contributed by atoms with van der Waals surface area (Å²) in [6.07, 6.45) is 0. The van der Waals surface area contributed by atoms with Crippen molar-refractivity contribution in [2.45, 2.75) is 6.54 Å². The van der Waals surface area contributed by atoms with Crippen molar-refractivity contribution in [3.8, 4) is 0 Å². The standard InChI is InChI=1S/C17H16N2O3/c1-18(2)12-6-8-13(9-7-12)19-10-11-4-3-5-14(17(21)22)15(11)16(19)20/h3-9H,10H2,1-2H3,(H,21,22). The number of aromatic carboxylic acids is 1. The lowest BCUT2D eigenvalue weighted by Crippen LogP contribution is -2.24. The molecule has 1 aliphatic heterocycles. The SMILES string of the molecule is CN(C)c1ccc(N2Cc3cccc(C(=O)O)c3C2=O)cc1. The Hall–Kier alpha value is -2.82. The van der Waals surface area contributed by atoms with Crippen LogP contribution in [0.25, 0.3) is 0 Å². The Morgan fingerprint density at radius 2 is 1.82 bits per heavy atom. The van der Waals surface area contributed by atoms with Gasteiger partial charge in [0.05, 0.1) is 17.7 Å². The third kappa shape index (κ3) is 2.20. The van der Waals surface area contributed by atoms with Gasteiger partial charge in [-0.25, -0.2) is 4.79 Å². The van der Waals surface area contributed by atoms with Crippen LogP contribution in [0, 0.1) is 0 Å². The van der Waals surface area contributed by atoms with Gasteiger partial charge in [0.15, 0.2) is 0 Å². The quantitative estimate of drug-likeness (QED) is 0.946. The highest BCUT2D eigenvalue weighted by Gasteiger charge is 2.32. The zero-order valence-electron chi connectivity index (χ0n) is 12.4. The number of nitrogens with zero attached hydrogens (tertiary/aromatic N) is 2. The van der Waals surface area contributed by atoms with Crippen LogP contribution in [0.4, 0.5) is 11.4 Å². The zero-order chi connectivity index (χ0) is 15.9. The van der Waals surface area contributed by atoms with Gasteiger partial charge in [0, 0.05) is 25.5 Å². The summed E-state index contributed by atoms with van der Waals surface area (Å²) in [4.78, 5) is 27.5. The third-order valence-electron chi connectivity index (χ3n) is 3.85. The number of fused-ring (bicyclic) bond motifs is 1. The van der Waals surface area contributed by atoms with Crippen LogP contribution in [0.3, 0.4) is 0 Å². The Balaban J connectivity index is 1.97. The van der Waals surface area contributed by atoms with E-state index in [0.29, 0.717) is 12.1 Å². The minimum Gasteiger partial charge on any atom is -0.478 e. The van der Waals surface area contributed by atoms with E-state index in [0.717, 1.165) is 16.9 Å². The van der Waals surface area contributed by atoms with Crippen molar-refractivity contribution >= 4 is 23.3 Å². The number of hydrogen-bond donors (Lipinski definition) is 1. The second-order valence-corrected chi connectivity index (χ2v) is 5.45. The summed E-state index contributed by atoms with van der Waals surface area (Å²) < 4.78 is 0. The molecule has 2 aromatic rings. The Morgan fingerprint density at radius 3 is 2.41 bits per heavy atom. The number of carboxylic acid groups (broad SMARTS) is 1. The number of anilines is 2. The molecule has 5 nitrogen and oxygen atoms in total. The molecule has 1 N–H and O–H groups in total. The predicted molar refractivity (Wildman–Crippen MR) is 84.7 cm³/mol. The maximum absolute atomic E-state index is 12.6. The first kappa shape index (κ1) is 14.1. The number of amides is 1. The summed E-state index contributed by atoms with van der Waals surface area (Å²) in [7, 11) is 3.90. The van der Waals surface area contributed by atoms with Crippen LogP contribution < -0.4 is 9.80 Å². The number of rotatable bonds is 3. The molecule has 2 aromatic carbocycles. The average Bonchev–Trinajstić information content (AvgIpc) is 2.84. The zero-order valence-corrected chi connectivity index (χ0v) is 12.4. The molecule has 0 fully saturated rings. The van der Waals surface area contributed by atoms with Gasteiger partial charge < -0.3 is 14.9 Å². The summed E-state index contributed by atoms with van der Waals surface area (Å²) in [6, 6.07) is 12.6. The average molecular weight is 296 g/mol. The van der Waals surface area contributed by atoms with E-state index in [-0.39, 0.29) is 11.5 Å². The highest BCUT2D eigenvalue weighted by molar-refractivity contribution is 6.15. The van der Waals surface area contributed by atoms with Gasteiger partial charge in [-0.05, 0) is 35.9 Å². The van der Waals surface area contributed by atoms with E-state index in [2.05, 4.69) is 0 Å². The Labute approximate surface area is 128 Å². The Kier molecular flexibility index (Phi) is 3.33. The van der Waals surface area contributed by atoms with Crippen LogP contribution >= 0.6 is 0 Å². The minimum absolute atomic E-state index is 0.0647. The van der Waals surface area contributed by atoms with Crippen molar-refractivity contribution in [1.29, 1.82) is 0 Å². The van der Waals surface area contributed by atoms with Gasteiger partial charge in [-0.15, -0.1) is 0 Å². The van der Waals surface area contributed by atoms with E-state index in [4.69, 9.17) is 0 Å². The van der Waals surface area contributed by atoms with E-state index in [1.165, 1.54) is 6.07 Å². The second kappa shape index (κ2) is 5.18. The number of carbonyl (C=O) groups excluding carboxylic acids is 1. The largest absolute Gasteiger partial charge is 0.478 e. The molecule has 22 heavy (non-hydrogen) atoms. The number of carbonyl (C=O) groups is 2. The number of hydrogen-bond acceptors (Lipinski definition) is 3. The molecule has 0 unspecified atom stereocenters. The van der Waals surface area contributed by atoms with E-state index < -0.39 is 5.97 Å². The lowest BCUT2D eigenvalue weighted by molar-refractivity contribution is 0.0692. The van der Waals surface area contributed by atoms with Gasteiger partial charge in [-0.2, -0.15) is 0 Å². The molecule has 0 radical (unpaired) electrons. The number of benzene rings is 2. The van der Waals surface area contributed by atoms with E-state index in [9.17, 15) is 14.7 Å². The van der Waals surface area contributed by atoms with Crippen LogP contribution in [0.2, 0.25) is 0 Å². The summed E-state index contributed by atoms with van der Waals surface area (Å²) in [5, 5.41) is 9.24. The topological polar surface area (TPSA) is 60.9 Å². The fraction of sp³-hybridized carbons (Fsp3) is 0.176. The molecular weight excluding hydrogens is 280 g/mol. The van der Waals surface area contributed by atoms with E-state index >= 15 is 0 Å². The molecule has 0 aromatic heterocycles. The van der Waals surface area contributed by atoms with Gasteiger partial charge in [-0.1, -0.05) is 12.1 Å². The van der Waals surface area contributed by atoms with Crippen molar-refractivity contribution in [2.75, 3.05) is 23.9 Å². The van der Waals surface area contributed by atoms with Crippen LogP contribution in [0.15, 0.2) is 42.5 Å². The van der Waals surface area contributed by atoms with Crippen molar-refractivity contribution in [3.63, 3.8) is 0 Å². The van der Waals surface area contributed by atoms with Gasteiger partial charge in [-0.3, -0.25) is 4.79 Å². The second-order valence-electron chi connectivity index (χ2n) is 5.45. The molecule has 112 valence electrons. The predicted octanol–water partition coefficient (Wildman–Crippen LogP) is 2.61. The fourth-order valence-corrected chi connectivity index (χ4v) is 2.68. The molecule has 1 aliphatic rings. The fourth-order valence-electron chi connectivity index (χ4n) is 2.68. The van der Waals surface area contributed by atoms with Crippen molar-refractivity contribution in [3.05, 3.63) is 59.2 Å². The third-order valence-corrected chi connectivity index (χ3v) is 3.85. The van der Waals surface area contributed by atoms with E-state index in [1.807, 2.05) is 43.3 Å². The minimum atomic E-state index is -1.07. The summed E-state index contributed by atoms with van der Waals surface area (Å²) in [6.45, 7) is 0.399. The molecule has 1 amide bonds. The molecular formula is C17H16N2O3. The first-order chi connectivity index (χ1) is 10.5. The Bertz CT molecular complexity index is 751. The summed E-state index contributed by atoms with van der Waals surface area (Å²) in [5.41, 5.74) is 2.92. The van der Waals surface area contributed by atoms with Crippen LogP contribution in [-0.2, 0) is 6.54 Å². The van der Waals surface area contributed by atoms with Crippen molar-refractivity contribution < 1.29 is 14.7 Å². The molecule has 1 heterocycles. The molecule has 3 rings (SSSR count). The summed E-state index contributed by atoms with van der Waals surface area (Å²) >= 11 is 0. The van der Waals surface area contributed by atoms with Crippen LogP contribution in [0.5, 0.6) is 0 Å². The molecule has 0 atom stereocenters. The van der Waals surface area contributed by atoms with Gasteiger partial charge in [0.2, 0.25) is 0 Å². The van der Waals surface area contributed by atoms with Gasteiger partial charge in [0.25, 0.3) is 5.91 Å². The lowest BCUT2D eigenvalue weighted by atomic mass is 10.0. The maximum atomic E-state index is 12.6. The Morgan fingerprint density at radius 1 is 1.14 bits per heavy atom. The smallest absolute Gasteiger partial charge is 0.336 e. The first-order valence-electron chi connectivity index (χ1n) is 6.93. The van der Waals surface area contributed by atoms with Crippen LogP contribution in [-0.4, -0.2) is 31.1 Å². The van der Waals surface area contributed by atoms with Gasteiger partial charge >= 0.3 is 5.97 Å². The summed E-state index contributed by atoms with van der Waals surface area (Å²) in [5.74, 6) is -1.33. The van der Waals surface area contributed by atoms with Crippen molar-refractivity contribution in [1.82, 2.24) is 0 Å². The normalized spacial score (nSPS) is 13.2. The lowest BCUT2D eigenvalue weighted by Gasteiger charge is -2.18. The van der Waals surface area contributed by atoms with Crippen molar-refractivity contribution in [2.24, 2.45) is 0 Å². The first-order valence-corrected chi connectivity index (χ1v) is 6.93. The highest BCUT2D eigenvalue weighted by Crippen LogP contribution is 2.31. The molecule has 5 heteroatoms. The molecule has 0 saturated heterocycles.